The van der Waals surface area contributed by atoms with E-state index >= 15 is 0 Å². The summed E-state index contributed by atoms with van der Waals surface area (Å²) in [5.74, 6) is -1.41. The van der Waals surface area contributed by atoms with Crippen LogP contribution < -0.4 is 11.2 Å². The SMILES string of the molecule is CC(=O)NN1C(N)=C(C#N)[C@H](c2cccc([N+](=O)[O-])c2)C2=C1CC(C)(C)CC2=O. The molecule has 9 nitrogen and oxygen atoms in total. The summed E-state index contributed by atoms with van der Waals surface area (Å²) in [6.07, 6.45) is 0.697. The Morgan fingerprint density at radius 3 is 2.69 bits per heavy atom. The molecule has 1 amide bonds. The van der Waals surface area contributed by atoms with E-state index in [4.69, 9.17) is 5.73 Å². The second-order valence-electron chi connectivity index (χ2n) is 8.00. The number of hydrogen-bond donors (Lipinski definition) is 2. The van der Waals surface area contributed by atoms with Crippen molar-refractivity contribution in [2.75, 3.05) is 0 Å². The third-order valence-electron chi connectivity index (χ3n) is 5.06. The number of nitriles is 1. The number of carbonyl (C=O) groups excluding carboxylic acids is 2. The molecule has 1 aliphatic carbocycles. The minimum atomic E-state index is -0.830. The average Bonchev–Trinajstić information content (AvgIpc) is 2.62. The summed E-state index contributed by atoms with van der Waals surface area (Å²) in [4.78, 5) is 35.6. The van der Waals surface area contributed by atoms with Crippen LogP contribution in [0.2, 0.25) is 0 Å². The molecule has 9 heteroatoms. The van der Waals surface area contributed by atoms with E-state index in [1.54, 1.807) is 6.07 Å². The molecule has 0 fully saturated rings. The summed E-state index contributed by atoms with van der Waals surface area (Å²) < 4.78 is 0. The second kappa shape index (κ2) is 7.05. The Morgan fingerprint density at radius 2 is 2.10 bits per heavy atom. The van der Waals surface area contributed by atoms with E-state index in [9.17, 15) is 25.0 Å². The molecule has 3 rings (SSSR count). The Balaban J connectivity index is 2.28. The lowest BCUT2D eigenvalue weighted by atomic mass is 9.69. The zero-order chi connectivity index (χ0) is 21.5. The van der Waals surface area contributed by atoms with Gasteiger partial charge in [0.05, 0.1) is 28.2 Å². The van der Waals surface area contributed by atoms with Crippen molar-refractivity contribution in [3.63, 3.8) is 0 Å². The number of hydrogen-bond acceptors (Lipinski definition) is 7. The molecule has 0 aromatic heterocycles. The number of ketones is 1. The number of nitro groups is 1. The normalized spacial score (nSPS) is 20.8. The van der Waals surface area contributed by atoms with E-state index in [0.717, 1.165) is 0 Å². The molecule has 0 saturated carbocycles. The van der Waals surface area contributed by atoms with Gasteiger partial charge in [0.25, 0.3) is 5.69 Å². The van der Waals surface area contributed by atoms with Crippen LogP contribution in [0.3, 0.4) is 0 Å². The van der Waals surface area contributed by atoms with Gasteiger partial charge in [0.15, 0.2) is 5.78 Å². The largest absolute Gasteiger partial charge is 0.383 e. The molecule has 1 aromatic carbocycles. The first-order valence-corrected chi connectivity index (χ1v) is 9.03. The van der Waals surface area contributed by atoms with Crippen LogP contribution in [-0.2, 0) is 9.59 Å². The van der Waals surface area contributed by atoms with Crippen molar-refractivity contribution in [2.45, 2.75) is 39.5 Å². The van der Waals surface area contributed by atoms with E-state index in [-0.39, 0.29) is 34.7 Å². The third kappa shape index (κ3) is 3.57. The Hall–Kier alpha value is -3.67. The molecular weight excluding hydrogens is 374 g/mol. The quantitative estimate of drug-likeness (QED) is 0.591. The standard InChI is InChI=1S/C20H21N5O4/c1-11(26)23-24-15-8-20(2,3)9-16(27)18(15)17(14(10-21)19(24)22)12-5-4-6-13(7-12)25(28)29/h4-7,17H,8-9,22H2,1-3H3,(H,23,26)/t17-/m0/s1. The van der Waals surface area contributed by atoms with Gasteiger partial charge < -0.3 is 5.73 Å². The molecule has 29 heavy (non-hydrogen) atoms. The molecule has 1 heterocycles. The van der Waals surface area contributed by atoms with E-state index in [1.165, 1.54) is 30.1 Å². The van der Waals surface area contributed by atoms with Gasteiger partial charge in [-0.1, -0.05) is 26.0 Å². The predicted molar refractivity (Wildman–Crippen MR) is 103 cm³/mol. The molecule has 1 atom stereocenters. The van der Waals surface area contributed by atoms with Crippen molar-refractivity contribution in [1.29, 1.82) is 5.26 Å². The molecule has 2 aliphatic rings. The molecule has 150 valence electrons. The Bertz CT molecular complexity index is 1030. The highest BCUT2D eigenvalue weighted by Gasteiger charge is 2.44. The first-order chi connectivity index (χ1) is 13.6. The van der Waals surface area contributed by atoms with E-state index in [2.05, 4.69) is 5.43 Å². The number of amides is 1. The predicted octanol–water partition coefficient (Wildman–Crippen LogP) is 2.38. The van der Waals surface area contributed by atoms with Crippen LogP contribution in [0, 0.1) is 26.9 Å². The fraction of sp³-hybridized carbons (Fsp3) is 0.350. The van der Waals surface area contributed by atoms with Crippen molar-refractivity contribution >= 4 is 17.4 Å². The summed E-state index contributed by atoms with van der Waals surface area (Å²) in [5, 5.41) is 22.3. The fourth-order valence-corrected chi connectivity index (χ4v) is 3.95. The third-order valence-corrected chi connectivity index (χ3v) is 5.06. The summed E-state index contributed by atoms with van der Waals surface area (Å²) >= 11 is 0. The lowest BCUT2D eigenvalue weighted by Crippen LogP contribution is -2.49. The molecule has 0 spiro atoms. The number of rotatable bonds is 3. The maximum absolute atomic E-state index is 13.1. The highest BCUT2D eigenvalue weighted by Crippen LogP contribution is 2.48. The van der Waals surface area contributed by atoms with Crippen molar-refractivity contribution in [1.82, 2.24) is 10.4 Å². The van der Waals surface area contributed by atoms with Crippen LogP contribution in [0.1, 0.15) is 45.1 Å². The van der Waals surface area contributed by atoms with Crippen molar-refractivity contribution in [3.05, 3.63) is 62.6 Å². The zero-order valence-electron chi connectivity index (χ0n) is 16.4. The molecule has 0 radical (unpaired) electrons. The molecule has 1 aliphatic heterocycles. The minimum absolute atomic E-state index is 0.00320. The maximum Gasteiger partial charge on any atom is 0.269 e. The molecule has 0 saturated heterocycles. The highest BCUT2D eigenvalue weighted by atomic mass is 16.6. The van der Waals surface area contributed by atoms with Gasteiger partial charge in [0.1, 0.15) is 5.82 Å². The van der Waals surface area contributed by atoms with Gasteiger partial charge >= 0.3 is 0 Å². The van der Waals surface area contributed by atoms with Crippen LogP contribution in [0.15, 0.2) is 46.9 Å². The van der Waals surface area contributed by atoms with E-state index in [1.807, 2.05) is 19.9 Å². The van der Waals surface area contributed by atoms with Gasteiger partial charge in [0.2, 0.25) is 5.91 Å². The zero-order valence-corrected chi connectivity index (χ0v) is 16.4. The summed E-state index contributed by atoms with van der Waals surface area (Å²) in [7, 11) is 0. The number of allylic oxidation sites excluding steroid dienone is 3. The summed E-state index contributed by atoms with van der Waals surface area (Å²) in [5.41, 5.74) is 9.66. The minimum Gasteiger partial charge on any atom is -0.383 e. The summed E-state index contributed by atoms with van der Waals surface area (Å²) in [6.45, 7) is 5.17. The van der Waals surface area contributed by atoms with Gasteiger partial charge in [-0.05, 0) is 17.4 Å². The monoisotopic (exact) mass is 395 g/mol. The number of Topliss-reactive ketones (excluding diaryl/α,β-unsaturated/α-hetero) is 1. The Labute approximate surface area is 167 Å². The number of hydrazine groups is 1. The van der Waals surface area contributed by atoms with E-state index in [0.29, 0.717) is 23.3 Å². The number of carbonyl (C=O) groups is 2. The fourth-order valence-electron chi connectivity index (χ4n) is 3.95. The highest BCUT2D eigenvalue weighted by molar-refractivity contribution is 6.00. The van der Waals surface area contributed by atoms with Crippen molar-refractivity contribution in [3.8, 4) is 6.07 Å². The van der Waals surface area contributed by atoms with Gasteiger partial charge in [-0.25, -0.2) is 5.01 Å². The Morgan fingerprint density at radius 1 is 1.41 bits per heavy atom. The van der Waals surface area contributed by atoms with Gasteiger partial charge in [-0.3, -0.25) is 25.1 Å². The molecular formula is C20H21N5O4. The summed E-state index contributed by atoms with van der Waals surface area (Å²) in [6, 6.07) is 7.87. The number of non-ortho nitro benzene ring substituents is 1. The van der Waals surface area contributed by atoms with Crippen LogP contribution in [0.25, 0.3) is 0 Å². The lowest BCUT2D eigenvalue weighted by molar-refractivity contribution is -0.384. The lowest BCUT2D eigenvalue weighted by Gasteiger charge is -2.43. The van der Waals surface area contributed by atoms with Crippen LogP contribution in [0.4, 0.5) is 5.69 Å². The van der Waals surface area contributed by atoms with Gasteiger partial charge in [0, 0.05) is 31.1 Å². The maximum atomic E-state index is 13.1. The smallest absolute Gasteiger partial charge is 0.269 e. The average molecular weight is 395 g/mol. The first kappa shape index (κ1) is 20.1. The number of nitrogens with two attached hydrogens (primary N) is 1. The molecule has 0 bridgehead atoms. The number of benzene rings is 1. The number of nitrogens with one attached hydrogen (secondary N) is 1. The first-order valence-electron chi connectivity index (χ1n) is 9.03. The van der Waals surface area contributed by atoms with Gasteiger partial charge in [-0.2, -0.15) is 5.26 Å². The number of nitro benzene ring substituents is 1. The molecule has 3 N–H and O–H groups in total. The van der Waals surface area contributed by atoms with Crippen LogP contribution in [-0.4, -0.2) is 21.6 Å². The molecule has 0 unspecified atom stereocenters. The topological polar surface area (TPSA) is 142 Å². The van der Waals surface area contributed by atoms with Crippen LogP contribution in [0.5, 0.6) is 0 Å². The Kier molecular flexibility index (Phi) is 4.88. The number of nitrogens with zero attached hydrogens (tertiary/aromatic N) is 3. The molecule has 1 aromatic rings. The second-order valence-corrected chi connectivity index (χ2v) is 8.00. The van der Waals surface area contributed by atoms with Crippen molar-refractivity contribution < 1.29 is 14.5 Å². The van der Waals surface area contributed by atoms with Crippen LogP contribution >= 0.6 is 0 Å². The van der Waals surface area contributed by atoms with Crippen molar-refractivity contribution in [2.24, 2.45) is 11.1 Å². The van der Waals surface area contributed by atoms with Gasteiger partial charge in [-0.15, -0.1) is 0 Å². The van der Waals surface area contributed by atoms with E-state index < -0.39 is 16.7 Å².